The van der Waals surface area contributed by atoms with Gasteiger partial charge < -0.3 is 15.0 Å². The maximum Gasteiger partial charge on any atom is 0.150 e. The second-order valence-electron chi connectivity index (χ2n) is 4.13. The van der Waals surface area contributed by atoms with Gasteiger partial charge in [-0.2, -0.15) is 0 Å². The molecule has 2 rings (SSSR count). The maximum absolute atomic E-state index is 9.13. The molecule has 5 heteroatoms. The average molecular weight is 210 g/mol. The summed E-state index contributed by atoms with van der Waals surface area (Å²) in [5.41, 5.74) is 0. The molecule has 1 aromatic heterocycles. The number of piperidine rings is 1. The van der Waals surface area contributed by atoms with Crippen LogP contribution in [0.1, 0.15) is 44.1 Å². The Hall–Kier alpha value is -0.940. The number of aliphatic hydroxyl groups is 1. The lowest BCUT2D eigenvalue weighted by Crippen LogP contribution is -2.30. The van der Waals surface area contributed by atoms with Crippen molar-refractivity contribution in [3.63, 3.8) is 0 Å². The van der Waals surface area contributed by atoms with Crippen LogP contribution < -0.4 is 5.32 Å². The molecule has 0 spiro atoms. The third-order valence-corrected chi connectivity index (χ3v) is 2.96. The Balaban J connectivity index is 2.15. The van der Waals surface area contributed by atoms with Crippen LogP contribution in [-0.4, -0.2) is 33.0 Å². The minimum atomic E-state index is 0.0544. The predicted octanol–water partition coefficient (Wildman–Crippen LogP) is 0.646. The van der Waals surface area contributed by atoms with Gasteiger partial charge in [-0.15, -0.1) is 10.2 Å². The highest BCUT2D eigenvalue weighted by Crippen LogP contribution is 2.22. The van der Waals surface area contributed by atoms with Crippen molar-refractivity contribution in [1.82, 2.24) is 20.1 Å². The maximum atomic E-state index is 9.13. The molecule has 1 aromatic rings. The lowest BCUT2D eigenvalue weighted by atomic mass is 10.0. The first-order valence-corrected chi connectivity index (χ1v) is 5.56. The van der Waals surface area contributed by atoms with E-state index in [0.29, 0.717) is 6.04 Å². The van der Waals surface area contributed by atoms with Crippen LogP contribution in [0.15, 0.2) is 6.33 Å². The Bertz CT molecular complexity index is 306. The van der Waals surface area contributed by atoms with E-state index in [1.807, 2.05) is 11.5 Å². The molecule has 1 saturated heterocycles. The highest BCUT2D eigenvalue weighted by Gasteiger charge is 2.21. The summed E-state index contributed by atoms with van der Waals surface area (Å²) in [7, 11) is 0. The van der Waals surface area contributed by atoms with Crippen molar-refractivity contribution in [1.29, 1.82) is 0 Å². The molecule has 0 bridgehead atoms. The van der Waals surface area contributed by atoms with Crippen LogP contribution in [0, 0.1) is 0 Å². The van der Waals surface area contributed by atoms with E-state index in [2.05, 4.69) is 15.5 Å². The van der Waals surface area contributed by atoms with E-state index < -0.39 is 0 Å². The molecule has 2 heterocycles. The second-order valence-corrected chi connectivity index (χ2v) is 4.13. The third-order valence-electron chi connectivity index (χ3n) is 2.96. The zero-order valence-corrected chi connectivity index (χ0v) is 9.06. The number of aliphatic hydroxyl groups excluding tert-OH is 1. The molecule has 1 fully saturated rings. The largest absolute Gasteiger partial charge is 0.394 e. The molecular formula is C10H18N4O. The summed E-state index contributed by atoms with van der Waals surface area (Å²) in [6.07, 6.45) is 5.28. The van der Waals surface area contributed by atoms with Gasteiger partial charge in [0.2, 0.25) is 0 Å². The first-order chi connectivity index (χ1) is 7.33. The zero-order chi connectivity index (χ0) is 10.7. The van der Waals surface area contributed by atoms with Crippen molar-refractivity contribution >= 4 is 0 Å². The molecule has 0 saturated carbocycles. The van der Waals surface area contributed by atoms with Crippen molar-refractivity contribution in [2.45, 2.75) is 38.3 Å². The Morgan fingerprint density at radius 2 is 2.53 bits per heavy atom. The van der Waals surface area contributed by atoms with Gasteiger partial charge in [-0.05, 0) is 26.3 Å². The summed E-state index contributed by atoms with van der Waals surface area (Å²) >= 11 is 0. The Kier molecular flexibility index (Phi) is 3.33. The molecule has 2 N–H and O–H groups in total. The van der Waals surface area contributed by atoms with Gasteiger partial charge in [0.15, 0.2) is 0 Å². The van der Waals surface area contributed by atoms with Crippen molar-refractivity contribution < 1.29 is 5.11 Å². The molecule has 84 valence electrons. The van der Waals surface area contributed by atoms with E-state index in [4.69, 9.17) is 5.11 Å². The van der Waals surface area contributed by atoms with Crippen LogP contribution in [-0.2, 0) is 0 Å². The van der Waals surface area contributed by atoms with Crippen molar-refractivity contribution in [3.8, 4) is 0 Å². The highest BCUT2D eigenvalue weighted by molar-refractivity contribution is 4.98. The van der Waals surface area contributed by atoms with Crippen molar-refractivity contribution in [3.05, 3.63) is 12.2 Å². The molecular weight excluding hydrogens is 192 g/mol. The van der Waals surface area contributed by atoms with E-state index in [1.165, 1.54) is 12.8 Å². The third kappa shape index (κ3) is 2.18. The molecule has 0 aliphatic carbocycles. The lowest BCUT2D eigenvalue weighted by Gasteiger charge is -2.24. The summed E-state index contributed by atoms with van der Waals surface area (Å²) in [6.45, 7) is 3.14. The summed E-state index contributed by atoms with van der Waals surface area (Å²) in [6, 6.07) is 0.356. The molecule has 15 heavy (non-hydrogen) atoms. The lowest BCUT2D eigenvalue weighted by molar-refractivity contribution is 0.232. The van der Waals surface area contributed by atoms with Gasteiger partial charge in [-0.3, -0.25) is 0 Å². The van der Waals surface area contributed by atoms with E-state index in [1.54, 1.807) is 6.33 Å². The number of rotatable bonds is 3. The minimum Gasteiger partial charge on any atom is -0.394 e. The standard InChI is InChI=1S/C10H18N4O/c1-8(6-15)14-7-12-13-10(14)9-4-2-3-5-11-9/h7-9,11,15H,2-6H2,1H3. The molecule has 2 unspecified atom stereocenters. The Morgan fingerprint density at radius 1 is 1.67 bits per heavy atom. The SMILES string of the molecule is CC(CO)n1cnnc1C1CCCCN1. The van der Waals surface area contributed by atoms with Crippen molar-refractivity contribution in [2.75, 3.05) is 13.2 Å². The van der Waals surface area contributed by atoms with Crippen LogP contribution >= 0.6 is 0 Å². The number of hydrogen-bond acceptors (Lipinski definition) is 4. The summed E-state index contributed by atoms with van der Waals surface area (Å²) in [5, 5.41) is 20.6. The van der Waals surface area contributed by atoms with Crippen LogP contribution in [0.4, 0.5) is 0 Å². The fourth-order valence-corrected chi connectivity index (χ4v) is 2.00. The van der Waals surface area contributed by atoms with Gasteiger partial charge in [-0.25, -0.2) is 0 Å². The van der Waals surface area contributed by atoms with Gasteiger partial charge in [0.1, 0.15) is 12.2 Å². The van der Waals surface area contributed by atoms with Crippen LogP contribution in [0.2, 0.25) is 0 Å². The average Bonchev–Trinajstić information content (AvgIpc) is 2.78. The first-order valence-electron chi connectivity index (χ1n) is 5.56. The topological polar surface area (TPSA) is 63.0 Å². The van der Waals surface area contributed by atoms with E-state index in [0.717, 1.165) is 18.8 Å². The smallest absolute Gasteiger partial charge is 0.150 e. The molecule has 0 aromatic carbocycles. The van der Waals surface area contributed by atoms with E-state index in [-0.39, 0.29) is 12.6 Å². The van der Waals surface area contributed by atoms with Crippen LogP contribution in [0.25, 0.3) is 0 Å². The molecule has 1 aliphatic heterocycles. The molecule has 0 radical (unpaired) electrons. The monoisotopic (exact) mass is 210 g/mol. The number of aromatic nitrogens is 3. The Morgan fingerprint density at radius 3 is 3.20 bits per heavy atom. The molecule has 5 nitrogen and oxygen atoms in total. The second kappa shape index (κ2) is 4.72. The summed E-state index contributed by atoms with van der Waals surface area (Å²) in [5.74, 6) is 0.955. The van der Waals surface area contributed by atoms with Gasteiger partial charge >= 0.3 is 0 Å². The number of hydrogen-bond donors (Lipinski definition) is 2. The zero-order valence-electron chi connectivity index (χ0n) is 9.06. The molecule has 2 atom stereocenters. The normalized spacial score (nSPS) is 24.0. The van der Waals surface area contributed by atoms with Crippen molar-refractivity contribution in [2.24, 2.45) is 0 Å². The fourth-order valence-electron chi connectivity index (χ4n) is 2.00. The van der Waals surface area contributed by atoms with E-state index in [9.17, 15) is 0 Å². The number of nitrogens with zero attached hydrogens (tertiary/aromatic N) is 3. The summed E-state index contributed by atoms with van der Waals surface area (Å²) in [4.78, 5) is 0. The highest BCUT2D eigenvalue weighted by atomic mass is 16.3. The number of nitrogens with one attached hydrogen (secondary N) is 1. The van der Waals surface area contributed by atoms with Gasteiger partial charge in [-0.1, -0.05) is 6.42 Å². The Labute approximate surface area is 89.5 Å². The van der Waals surface area contributed by atoms with Gasteiger partial charge in [0.25, 0.3) is 0 Å². The fraction of sp³-hybridized carbons (Fsp3) is 0.800. The van der Waals surface area contributed by atoms with Gasteiger partial charge in [0.05, 0.1) is 18.7 Å². The van der Waals surface area contributed by atoms with Crippen LogP contribution in [0.3, 0.4) is 0 Å². The summed E-state index contributed by atoms with van der Waals surface area (Å²) < 4.78 is 1.96. The van der Waals surface area contributed by atoms with Gasteiger partial charge in [0, 0.05) is 0 Å². The molecule has 0 amide bonds. The van der Waals surface area contributed by atoms with E-state index >= 15 is 0 Å². The molecule has 1 aliphatic rings. The quantitative estimate of drug-likeness (QED) is 0.768. The predicted molar refractivity (Wildman–Crippen MR) is 56.4 cm³/mol. The van der Waals surface area contributed by atoms with Crippen LogP contribution in [0.5, 0.6) is 0 Å². The minimum absolute atomic E-state index is 0.0544. The first kappa shape index (κ1) is 10.6.